The van der Waals surface area contributed by atoms with Crippen LogP contribution in [0.25, 0.3) is 0 Å². The standard InChI is InChI=1S/C10H8F4INO3/c1-2-18-9(17)6-4-16-8(15)7(5(6)3-11)19-10(12,13)14/h4H,2-3H2,1H3. The molecule has 0 aliphatic heterocycles. The lowest BCUT2D eigenvalue weighted by molar-refractivity contribution is -0.275. The Hall–Kier alpha value is -1.13. The number of ether oxygens (including phenoxy) is 2. The molecule has 0 radical (unpaired) electrons. The molecule has 1 aromatic heterocycles. The zero-order valence-corrected chi connectivity index (χ0v) is 11.7. The fourth-order valence-corrected chi connectivity index (χ4v) is 1.82. The van der Waals surface area contributed by atoms with Crippen molar-refractivity contribution in [3.8, 4) is 5.75 Å². The zero-order chi connectivity index (χ0) is 14.6. The molecule has 0 bridgehead atoms. The van der Waals surface area contributed by atoms with Gasteiger partial charge in [0.05, 0.1) is 12.2 Å². The van der Waals surface area contributed by atoms with Gasteiger partial charge in [0, 0.05) is 11.8 Å². The van der Waals surface area contributed by atoms with Crippen LogP contribution in [0.3, 0.4) is 0 Å². The molecule has 4 nitrogen and oxygen atoms in total. The maximum absolute atomic E-state index is 12.9. The van der Waals surface area contributed by atoms with Crippen molar-refractivity contribution in [2.24, 2.45) is 0 Å². The van der Waals surface area contributed by atoms with E-state index in [9.17, 15) is 22.4 Å². The molecule has 1 rings (SSSR count). The summed E-state index contributed by atoms with van der Waals surface area (Å²) < 4.78 is 57.7. The van der Waals surface area contributed by atoms with Crippen molar-refractivity contribution < 1.29 is 31.8 Å². The SMILES string of the molecule is CCOC(=O)c1cnc(I)c(OC(F)(F)F)c1CF. The first-order valence-electron chi connectivity index (χ1n) is 4.96. The molecular weight excluding hydrogens is 385 g/mol. The van der Waals surface area contributed by atoms with Crippen LogP contribution in [0.5, 0.6) is 5.75 Å². The third kappa shape index (κ3) is 4.18. The van der Waals surface area contributed by atoms with Gasteiger partial charge in [0.15, 0.2) is 5.75 Å². The Morgan fingerprint density at radius 2 is 2.11 bits per heavy atom. The Morgan fingerprint density at radius 3 is 2.58 bits per heavy atom. The van der Waals surface area contributed by atoms with E-state index in [0.717, 1.165) is 6.20 Å². The summed E-state index contributed by atoms with van der Waals surface area (Å²) in [5, 5.41) is 0. The average Bonchev–Trinajstić information content (AvgIpc) is 2.30. The minimum absolute atomic E-state index is 0.00596. The number of carbonyl (C=O) groups excluding carboxylic acids is 1. The first-order valence-corrected chi connectivity index (χ1v) is 6.04. The lowest BCUT2D eigenvalue weighted by Crippen LogP contribution is -2.20. The molecule has 0 unspecified atom stereocenters. The molecule has 19 heavy (non-hydrogen) atoms. The molecular formula is C10H8F4INO3. The molecule has 0 aliphatic rings. The van der Waals surface area contributed by atoms with E-state index < -0.39 is 30.3 Å². The Kier molecular flexibility index (Phi) is 5.32. The van der Waals surface area contributed by atoms with E-state index in [2.05, 4.69) is 14.5 Å². The van der Waals surface area contributed by atoms with Crippen LogP contribution in [-0.4, -0.2) is 23.9 Å². The summed E-state index contributed by atoms with van der Waals surface area (Å²) >= 11 is 1.46. The molecule has 0 saturated carbocycles. The number of aromatic nitrogens is 1. The fourth-order valence-electron chi connectivity index (χ4n) is 1.24. The number of alkyl halides is 4. The zero-order valence-electron chi connectivity index (χ0n) is 9.55. The highest BCUT2D eigenvalue weighted by molar-refractivity contribution is 14.1. The Labute approximate surface area is 119 Å². The van der Waals surface area contributed by atoms with E-state index >= 15 is 0 Å². The molecule has 0 atom stereocenters. The fraction of sp³-hybridized carbons (Fsp3) is 0.400. The van der Waals surface area contributed by atoms with Gasteiger partial charge in [0.1, 0.15) is 10.4 Å². The second kappa shape index (κ2) is 6.35. The molecule has 106 valence electrons. The molecule has 0 saturated heterocycles. The lowest BCUT2D eigenvalue weighted by atomic mass is 10.1. The summed E-state index contributed by atoms with van der Waals surface area (Å²) in [6.45, 7) is 0.213. The van der Waals surface area contributed by atoms with Crippen molar-refractivity contribution in [2.45, 2.75) is 20.0 Å². The van der Waals surface area contributed by atoms with Crippen molar-refractivity contribution in [3.05, 3.63) is 21.0 Å². The summed E-state index contributed by atoms with van der Waals surface area (Å²) in [6.07, 6.45) is -4.04. The van der Waals surface area contributed by atoms with Gasteiger partial charge in [-0.1, -0.05) is 0 Å². The number of carbonyl (C=O) groups is 1. The normalized spacial score (nSPS) is 11.3. The van der Waals surface area contributed by atoms with Gasteiger partial charge in [-0.15, -0.1) is 13.2 Å². The maximum atomic E-state index is 12.9. The summed E-state index contributed by atoms with van der Waals surface area (Å²) in [7, 11) is 0. The minimum atomic E-state index is -5.00. The quantitative estimate of drug-likeness (QED) is 0.341. The highest BCUT2D eigenvalue weighted by Gasteiger charge is 2.34. The van der Waals surface area contributed by atoms with Gasteiger partial charge in [-0.2, -0.15) is 0 Å². The van der Waals surface area contributed by atoms with Gasteiger partial charge < -0.3 is 9.47 Å². The molecule has 9 heteroatoms. The monoisotopic (exact) mass is 393 g/mol. The molecule has 0 amide bonds. The maximum Gasteiger partial charge on any atom is 0.573 e. The van der Waals surface area contributed by atoms with Gasteiger partial charge in [-0.25, -0.2) is 14.2 Å². The summed E-state index contributed by atoms with van der Waals surface area (Å²) in [5.74, 6) is -1.77. The largest absolute Gasteiger partial charge is 0.573 e. The molecule has 0 spiro atoms. The van der Waals surface area contributed by atoms with E-state index in [4.69, 9.17) is 0 Å². The number of rotatable bonds is 4. The van der Waals surface area contributed by atoms with Gasteiger partial charge in [0.2, 0.25) is 0 Å². The molecule has 1 aromatic rings. The van der Waals surface area contributed by atoms with Gasteiger partial charge in [-0.3, -0.25) is 0 Å². The number of esters is 1. The van der Waals surface area contributed by atoms with E-state index in [1.807, 2.05) is 0 Å². The summed E-state index contributed by atoms with van der Waals surface area (Å²) in [4.78, 5) is 15.1. The summed E-state index contributed by atoms with van der Waals surface area (Å²) in [6, 6.07) is 0. The minimum Gasteiger partial charge on any atom is -0.462 e. The van der Waals surface area contributed by atoms with Crippen molar-refractivity contribution in [1.29, 1.82) is 0 Å². The second-order valence-corrected chi connectivity index (χ2v) is 4.19. The number of pyridine rings is 1. The van der Waals surface area contributed by atoms with Crippen LogP contribution in [0.2, 0.25) is 0 Å². The number of halogens is 5. The molecule has 0 fully saturated rings. The summed E-state index contributed by atoms with van der Waals surface area (Å²) in [5.41, 5.74) is -0.917. The molecule has 1 heterocycles. The Balaban J connectivity index is 3.29. The molecule has 0 aromatic carbocycles. The van der Waals surface area contributed by atoms with E-state index in [1.165, 1.54) is 29.5 Å². The van der Waals surface area contributed by atoms with Crippen molar-refractivity contribution in [1.82, 2.24) is 4.98 Å². The molecule has 0 aliphatic carbocycles. The van der Waals surface area contributed by atoms with E-state index in [1.54, 1.807) is 0 Å². The Bertz CT molecular complexity index is 479. The van der Waals surface area contributed by atoms with Crippen molar-refractivity contribution in [3.63, 3.8) is 0 Å². The van der Waals surface area contributed by atoms with Crippen molar-refractivity contribution in [2.75, 3.05) is 6.61 Å². The number of hydrogen-bond acceptors (Lipinski definition) is 4. The smallest absolute Gasteiger partial charge is 0.462 e. The third-order valence-electron chi connectivity index (χ3n) is 1.94. The highest BCUT2D eigenvalue weighted by atomic mass is 127. The topological polar surface area (TPSA) is 48.4 Å². The lowest BCUT2D eigenvalue weighted by Gasteiger charge is -2.15. The first kappa shape index (κ1) is 15.9. The van der Waals surface area contributed by atoms with Gasteiger partial charge in [0.25, 0.3) is 0 Å². The van der Waals surface area contributed by atoms with Crippen LogP contribution in [-0.2, 0) is 11.4 Å². The predicted molar refractivity (Wildman–Crippen MR) is 64.4 cm³/mol. The highest BCUT2D eigenvalue weighted by Crippen LogP contribution is 2.32. The number of nitrogens with zero attached hydrogens (tertiary/aromatic N) is 1. The van der Waals surface area contributed by atoms with Crippen LogP contribution in [0, 0.1) is 3.70 Å². The van der Waals surface area contributed by atoms with Crippen molar-refractivity contribution >= 4 is 28.6 Å². The van der Waals surface area contributed by atoms with E-state index in [0.29, 0.717) is 0 Å². The Morgan fingerprint density at radius 1 is 1.47 bits per heavy atom. The third-order valence-corrected chi connectivity index (χ3v) is 2.71. The van der Waals surface area contributed by atoms with Crippen LogP contribution >= 0.6 is 22.6 Å². The number of hydrogen-bond donors (Lipinski definition) is 0. The van der Waals surface area contributed by atoms with E-state index in [-0.39, 0.29) is 15.9 Å². The van der Waals surface area contributed by atoms with Gasteiger partial charge in [-0.05, 0) is 29.5 Å². The molecule has 0 N–H and O–H groups in total. The average molecular weight is 393 g/mol. The predicted octanol–water partition coefficient (Wildman–Crippen LogP) is 3.23. The van der Waals surface area contributed by atoms with Crippen LogP contribution in [0.4, 0.5) is 17.6 Å². The second-order valence-electron chi connectivity index (χ2n) is 3.17. The van der Waals surface area contributed by atoms with Crippen LogP contribution < -0.4 is 4.74 Å². The van der Waals surface area contributed by atoms with Gasteiger partial charge >= 0.3 is 12.3 Å². The van der Waals surface area contributed by atoms with Crippen LogP contribution in [0.15, 0.2) is 6.20 Å². The van der Waals surface area contributed by atoms with Crippen LogP contribution in [0.1, 0.15) is 22.8 Å². The first-order chi connectivity index (χ1) is 8.80.